The summed E-state index contributed by atoms with van der Waals surface area (Å²) >= 11 is 0. The van der Waals surface area contributed by atoms with Crippen LogP contribution >= 0.6 is 0 Å². The molecule has 2 atom stereocenters. The summed E-state index contributed by atoms with van der Waals surface area (Å²) in [6.07, 6.45) is 0. The normalized spacial score (nSPS) is 24.3. The Balaban J connectivity index is 2.05. The van der Waals surface area contributed by atoms with Gasteiger partial charge in [-0.15, -0.1) is 0 Å². The number of phenolic OH excluding ortho intramolecular Hbond substituents is 1. The van der Waals surface area contributed by atoms with Gasteiger partial charge < -0.3 is 15.7 Å². The minimum atomic E-state index is -0.0287. The molecule has 1 heterocycles. The topological polar surface area (TPSA) is 61.4 Å². The first-order valence-corrected chi connectivity index (χ1v) is 5.48. The van der Waals surface area contributed by atoms with Crippen LogP contribution in [0.2, 0.25) is 0 Å². The maximum absolute atomic E-state index is 11.9. The maximum atomic E-state index is 11.9. The van der Waals surface area contributed by atoms with Crippen molar-refractivity contribution in [2.24, 2.45) is 11.8 Å². The summed E-state index contributed by atoms with van der Waals surface area (Å²) < 4.78 is 0. The molecule has 2 rings (SSSR count). The van der Waals surface area contributed by atoms with Gasteiger partial charge in [-0.3, -0.25) is 4.79 Å². The number of carbonyl (C=O) groups is 1. The number of anilines is 1. The van der Waals surface area contributed by atoms with Gasteiger partial charge >= 0.3 is 0 Å². The highest BCUT2D eigenvalue weighted by Crippen LogP contribution is 2.24. The van der Waals surface area contributed by atoms with E-state index in [0.717, 1.165) is 6.54 Å². The highest BCUT2D eigenvalue weighted by Gasteiger charge is 2.29. The monoisotopic (exact) mass is 220 g/mol. The Bertz CT molecular complexity index is 392. The maximum Gasteiger partial charge on any atom is 0.229 e. The van der Waals surface area contributed by atoms with Crippen LogP contribution in [0.3, 0.4) is 0 Å². The zero-order valence-corrected chi connectivity index (χ0v) is 9.23. The average Bonchev–Trinajstić information content (AvgIpc) is 2.68. The van der Waals surface area contributed by atoms with Gasteiger partial charge in [-0.1, -0.05) is 19.1 Å². The van der Waals surface area contributed by atoms with Gasteiger partial charge in [0.1, 0.15) is 5.75 Å². The Morgan fingerprint density at radius 1 is 1.44 bits per heavy atom. The highest BCUT2D eigenvalue weighted by atomic mass is 16.3. The second kappa shape index (κ2) is 4.53. The summed E-state index contributed by atoms with van der Waals surface area (Å²) in [4.78, 5) is 11.9. The van der Waals surface area contributed by atoms with Crippen molar-refractivity contribution in [2.75, 3.05) is 18.4 Å². The van der Waals surface area contributed by atoms with Crippen LogP contribution in [0.15, 0.2) is 24.3 Å². The van der Waals surface area contributed by atoms with Crippen molar-refractivity contribution >= 4 is 11.6 Å². The Morgan fingerprint density at radius 3 is 2.81 bits per heavy atom. The number of amides is 1. The fraction of sp³-hybridized carbons (Fsp3) is 0.417. The third kappa shape index (κ3) is 2.17. The van der Waals surface area contributed by atoms with Crippen molar-refractivity contribution in [1.82, 2.24) is 5.32 Å². The van der Waals surface area contributed by atoms with Crippen molar-refractivity contribution in [1.29, 1.82) is 0 Å². The lowest BCUT2D eigenvalue weighted by atomic mass is 9.97. The van der Waals surface area contributed by atoms with Crippen LogP contribution in [-0.4, -0.2) is 24.1 Å². The SMILES string of the molecule is CC1CNCC1C(=O)Nc1ccccc1O. The van der Waals surface area contributed by atoms with Gasteiger partial charge in [-0.25, -0.2) is 0 Å². The molecule has 0 bridgehead atoms. The van der Waals surface area contributed by atoms with Gasteiger partial charge in [0.25, 0.3) is 0 Å². The van der Waals surface area contributed by atoms with E-state index in [1.54, 1.807) is 24.3 Å². The number of aromatic hydroxyl groups is 1. The summed E-state index contributed by atoms with van der Waals surface area (Å²) in [7, 11) is 0. The van der Waals surface area contributed by atoms with Crippen LogP contribution in [0.1, 0.15) is 6.92 Å². The number of phenols is 1. The summed E-state index contributed by atoms with van der Waals surface area (Å²) in [5.74, 6) is 0.402. The Morgan fingerprint density at radius 2 is 2.19 bits per heavy atom. The minimum absolute atomic E-state index is 0.0143. The summed E-state index contributed by atoms with van der Waals surface area (Å²) in [6, 6.07) is 6.77. The largest absolute Gasteiger partial charge is 0.506 e. The second-order valence-corrected chi connectivity index (χ2v) is 4.25. The van der Waals surface area contributed by atoms with Gasteiger partial charge in [-0.2, -0.15) is 0 Å². The number of nitrogens with one attached hydrogen (secondary N) is 2. The molecule has 0 aliphatic carbocycles. The number of para-hydroxylation sites is 2. The van der Waals surface area contributed by atoms with E-state index >= 15 is 0 Å². The number of carbonyl (C=O) groups excluding carboxylic acids is 1. The average molecular weight is 220 g/mol. The van der Waals surface area contributed by atoms with E-state index in [1.807, 2.05) is 0 Å². The van der Waals surface area contributed by atoms with Crippen molar-refractivity contribution in [3.8, 4) is 5.75 Å². The lowest BCUT2D eigenvalue weighted by molar-refractivity contribution is -0.120. The Hall–Kier alpha value is -1.55. The lowest BCUT2D eigenvalue weighted by Crippen LogP contribution is -2.27. The molecule has 86 valence electrons. The molecule has 0 radical (unpaired) electrons. The molecule has 3 N–H and O–H groups in total. The van der Waals surface area contributed by atoms with Crippen LogP contribution in [0, 0.1) is 11.8 Å². The number of rotatable bonds is 2. The summed E-state index contributed by atoms with van der Waals surface area (Å²) in [5, 5.41) is 15.5. The highest BCUT2D eigenvalue weighted by molar-refractivity contribution is 5.94. The van der Waals surface area contributed by atoms with E-state index in [1.165, 1.54) is 0 Å². The van der Waals surface area contributed by atoms with Gasteiger partial charge in [0.2, 0.25) is 5.91 Å². The minimum Gasteiger partial charge on any atom is -0.506 e. The van der Waals surface area contributed by atoms with Crippen molar-refractivity contribution in [3.63, 3.8) is 0 Å². The summed E-state index contributed by atoms with van der Waals surface area (Å²) in [5.41, 5.74) is 0.478. The molecule has 0 saturated carbocycles. The molecular formula is C12H16N2O2. The van der Waals surface area contributed by atoms with Crippen molar-refractivity contribution in [2.45, 2.75) is 6.92 Å². The van der Waals surface area contributed by atoms with E-state index in [0.29, 0.717) is 18.2 Å². The zero-order chi connectivity index (χ0) is 11.5. The molecule has 1 amide bonds. The van der Waals surface area contributed by atoms with Gasteiger partial charge in [0, 0.05) is 6.54 Å². The van der Waals surface area contributed by atoms with Crippen LogP contribution < -0.4 is 10.6 Å². The van der Waals surface area contributed by atoms with Crippen LogP contribution in [0.25, 0.3) is 0 Å². The van der Waals surface area contributed by atoms with E-state index in [-0.39, 0.29) is 17.6 Å². The molecule has 1 saturated heterocycles. The molecule has 2 unspecified atom stereocenters. The van der Waals surface area contributed by atoms with Crippen LogP contribution in [0.5, 0.6) is 5.75 Å². The first-order chi connectivity index (χ1) is 7.68. The van der Waals surface area contributed by atoms with Crippen LogP contribution in [0.4, 0.5) is 5.69 Å². The molecule has 1 aromatic carbocycles. The van der Waals surface area contributed by atoms with E-state index in [2.05, 4.69) is 17.6 Å². The molecule has 4 heteroatoms. The molecule has 1 fully saturated rings. The standard InChI is InChI=1S/C12H16N2O2/c1-8-6-13-7-9(8)12(16)14-10-4-2-3-5-11(10)15/h2-5,8-9,13,15H,6-7H2,1H3,(H,14,16). The van der Waals surface area contributed by atoms with E-state index in [9.17, 15) is 9.90 Å². The van der Waals surface area contributed by atoms with Crippen molar-refractivity contribution in [3.05, 3.63) is 24.3 Å². The predicted octanol–water partition coefficient (Wildman–Crippen LogP) is 1.19. The zero-order valence-electron chi connectivity index (χ0n) is 9.23. The molecule has 1 aliphatic heterocycles. The first kappa shape index (κ1) is 11.0. The predicted molar refractivity (Wildman–Crippen MR) is 62.3 cm³/mol. The molecule has 1 aromatic rings. The summed E-state index contributed by atoms with van der Waals surface area (Å²) in [6.45, 7) is 3.63. The Kier molecular flexibility index (Phi) is 3.10. The lowest BCUT2D eigenvalue weighted by Gasteiger charge is -2.14. The van der Waals surface area contributed by atoms with Gasteiger partial charge in [0.15, 0.2) is 0 Å². The molecular weight excluding hydrogens is 204 g/mol. The third-order valence-corrected chi connectivity index (χ3v) is 3.02. The number of benzene rings is 1. The molecule has 16 heavy (non-hydrogen) atoms. The molecule has 0 spiro atoms. The first-order valence-electron chi connectivity index (χ1n) is 5.48. The molecule has 4 nitrogen and oxygen atoms in total. The smallest absolute Gasteiger partial charge is 0.229 e. The van der Waals surface area contributed by atoms with Crippen molar-refractivity contribution < 1.29 is 9.90 Å². The van der Waals surface area contributed by atoms with Crippen LogP contribution in [-0.2, 0) is 4.79 Å². The third-order valence-electron chi connectivity index (χ3n) is 3.02. The quantitative estimate of drug-likeness (QED) is 0.656. The second-order valence-electron chi connectivity index (χ2n) is 4.25. The fourth-order valence-electron chi connectivity index (χ4n) is 1.97. The number of hydrogen-bond donors (Lipinski definition) is 3. The molecule has 1 aliphatic rings. The van der Waals surface area contributed by atoms with Gasteiger partial charge in [0.05, 0.1) is 11.6 Å². The van der Waals surface area contributed by atoms with E-state index < -0.39 is 0 Å². The number of hydrogen-bond acceptors (Lipinski definition) is 3. The molecule has 0 aromatic heterocycles. The van der Waals surface area contributed by atoms with Gasteiger partial charge in [-0.05, 0) is 24.6 Å². The Labute approximate surface area is 94.7 Å². The fourth-order valence-corrected chi connectivity index (χ4v) is 1.97. The van der Waals surface area contributed by atoms with E-state index in [4.69, 9.17) is 0 Å².